The minimum absolute atomic E-state index is 0.0131. The first kappa shape index (κ1) is 16.7. The minimum Gasteiger partial charge on any atom is -0.296 e. The van der Waals surface area contributed by atoms with Crippen molar-refractivity contribution in [1.29, 1.82) is 0 Å². The number of nitrogens with zero attached hydrogens (tertiary/aromatic N) is 2. The number of primary sulfonamides is 1. The van der Waals surface area contributed by atoms with Gasteiger partial charge in [-0.15, -0.1) is 0 Å². The minimum atomic E-state index is -3.81. The third-order valence-electron chi connectivity index (χ3n) is 4.59. The van der Waals surface area contributed by atoms with Crippen LogP contribution in [0.15, 0.2) is 23.1 Å². The van der Waals surface area contributed by atoms with E-state index in [0.717, 1.165) is 12.8 Å². The molecule has 23 heavy (non-hydrogen) atoms. The van der Waals surface area contributed by atoms with Crippen LogP contribution in [-0.2, 0) is 14.8 Å². The summed E-state index contributed by atoms with van der Waals surface area (Å²) in [5, 5.41) is 5.32. The third-order valence-corrected chi connectivity index (χ3v) is 5.81. The molecule has 1 amide bonds. The van der Waals surface area contributed by atoms with Crippen molar-refractivity contribution in [2.45, 2.75) is 43.0 Å². The highest BCUT2D eigenvalue weighted by molar-refractivity contribution is 7.89. The van der Waals surface area contributed by atoms with Crippen LogP contribution < -0.4 is 10.0 Å². The van der Waals surface area contributed by atoms with Crippen LogP contribution in [0.3, 0.4) is 0 Å². The number of hydrogen-bond acceptors (Lipinski definition) is 4. The zero-order valence-corrected chi connectivity index (χ0v) is 14.3. The van der Waals surface area contributed by atoms with E-state index in [-0.39, 0.29) is 15.8 Å². The van der Waals surface area contributed by atoms with Gasteiger partial charge >= 0.3 is 0 Å². The van der Waals surface area contributed by atoms with Crippen molar-refractivity contribution in [1.82, 2.24) is 4.90 Å². The van der Waals surface area contributed by atoms with E-state index < -0.39 is 10.0 Å². The van der Waals surface area contributed by atoms with Gasteiger partial charge in [-0.2, -0.15) is 0 Å². The van der Waals surface area contributed by atoms with Crippen molar-refractivity contribution in [2.24, 2.45) is 5.14 Å². The first-order chi connectivity index (χ1) is 10.9. The molecular formula is C15H20ClN3O3S. The van der Waals surface area contributed by atoms with Crippen molar-refractivity contribution in [3.05, 3.63) is 23.2 Å². The molecule has 126 valence electrons. The topological polar surface area (TPSA) is 83.7 Å². The summed E-state index contributed by atoms with van der Waals surface area (Å²) in [6.07, 6.45) is 5.93. The molecule has 1 aromatic carbocycles. The molecule has 1 aliphatic carbocycles. The molecule has 0 aromatic heterocycles. The summed E-state index contributed by atoms with van der Waals surface area (Å²) in [6, 6.07) is 4.67. The van der Waals surface area contributed by atoms with E-state index in [2.05, 4.69) is 4.90 Å². The largest absolute Gasteiger partial charge is 0.296 e. The summed E-state index contributed by atoms with van der Waals surface area (Å²) in [4.78, 5) is 16.1. The van der Waals surface area contributed by atoms with Gasteiger partial charge in [0, 0.05) is 6.04 Å². The van der Waals surface area contributed by atoms with Crippen molar-refractivity contribution in [2.75, 3.05) is 18.1 Å². The summed E-state index contributed by atoms with van der Waals surface area (Å²) >= 11 is 6.18. The number of anilines is 1. The summed E-state index contributed by atoms with van der Waals surface area (Å²) in [5.74, 6) is -0.0131. The van der Waals surface area contributed by atoms with Gasteiger partial charge in [-0.25, -0.2) is 13.6 Å². The maximum Gasteiger partial charge on any atom is 0.242 e. The van der Waals surface area contributed by atoms with Crippen LogP contribution in [-0.4, -0.2) is 38.5 Å². The number of halogens is 1. The molecular weight excluding hydrogens is 338 g/mol. The van der Waals surface area contributed by atoms with Crippen molar-refractivity contribution in [3.63, 3.8) is 0 Å². The number of benzene rings is 1. The van der Waals surface area contributed by atoms with Gasteiger partial charge in [0.05, 0.1) is 28.8 Å². The van der Waals surface area contributed by atoms with Crippen LogP contribution in [0.5, 0.6) is 0 Å². The molecule has 6 nitrogen and oxygen atoms in total. The molecule has 3 rings (SSSR count). The number of carbonyl (C=O) groups is 1. The van der Waals surface area contributed by atoms with Crippen LogP contribution >= 0.6 is 11.6 Å². The van der Waals surface area contributed by atoms with Gasteiger partial charge in [0.1, 0.15) is 0 Å². The fraction of sp³-hybridized carbons (Fsp3) is 0.533. The van der Waals surface area contributed by atoms with Crippen molar-refractivity contribution >= 4 is 33.2 Å². The fourth-order valence-electron chi connectivity index (χ4n) is 3.35. The number of sulfonamides is 1. The molecule has 0 unspecified atom stereocenters. The van der Waals surface area contributed by atoms with Crippen LogP contribution in [0.2, 0.25) is 5.02 Å². The highest BCUT2D eigenvalue weighted by Gasteiger charge is 2.34. The maximum atomic E-state index is 12.3. The zero-order chi connectivity index (χ0) is 16.6. The lowest BCUT2D eigenvalue weighted by Gasteiger charge is -2.30. The Morgan fingerprint density at radius 2 is 1.87 bits per heavy atom. The van der Waals surface area contributed by atoms with E-state index in [0.29, 0.717) is 24.9 Å². The molecule has 8 heteroatoms. The Morgan fingerprint density at radius 3 is 2.48 bits per heavy atom. The number of nitrogens with two attached hydrogens (primary N) is 1. The smallest absolute Gasteiger partial charge is 0.242 e. The first-order valence-electron chi connectivity index (χ1n) is 7.73. The lowest BCUT2D eigenvalue weighted by Crippen LogP contribution is -2.36. The summed E-state index contributed by atoms with van der Waals surface area (Å²) < 4.78 is 22.7. The Bertz CT molecular complexity index is 717. The zero-order valence-electron chi connectivity index (χ0n) is 12.7. The molecule has 1 heterocycles. The van der Waals surface area contributed by atoms with Gasteiger partial charge < -0.3 is 0 Å². The van der Waals surface area contributed by atoms with Gasteiger partial charge in [0.2, 0.25) is 15.9 Å². The highest BCUT2D eigenvalue weighted by Crippen LogP contribution is 2.32. The second-order valence-corrected chi connectivity index (χ2v) is 8.13. The first-order valence-corrected chi connectivity index (χ1v) is 9.65. The number of carbonyl (C=O) groups excluding carboxylic acids is 1. The molecule has 0 radical (unpaired) electrons. The van der Waals surface area contributed by atoms with Gasteiger partial charge in [-0.3, -0.25) is 14.6 Å². The summed E-state index contributed by atoms with van der Waals surface area (Å²) in [5.41, 5.74) is 0.530. The Labute approximate surface area is 141 Å². The Morgan fingerprint density at radius 1 is 1.17 bits per heavy atom. The predicted octanol–water partition coefficient (Wildman–Crippen LogP) is 1.93. The monoisotopic (exact) mass is 357 g/mol. The molecule has 1 aromatic rings. The third kappa shape index (κ3) is 3.52. The SMILES string of the molecule is NS(=O)(=O)c1ccc(N2CN(C3CCCCC3)CC2=O)c(Cl)c1. The van der Waals surface area contributed by atoms with Crippen LogP contribution in [0.4, 0.5) is 5.69 Å². The number of hydrogen-bond donors (Lipinski definition) is 1. The number of rotatable bonds is 3. The van der Waals surface area contributed by atoms with Crippen LogP contribution in [0.25, 0.3) is 0 Å². The van der Waals surface area contributed by atoms with Gasteiger partial charge in [-0.05, 0) is 31.0 Å². The fourth-order valence-corrected chi connectivity index (χ4v) is 4.24. The van der Waals surface area contributed by atoms with Crippen molar-refractivity contribution in [3.8, 4) is 0 Å². The standard InChI is InChI=1S/C15H20ClN3O3S/c16-13-8-12(23(17,21)22)6-7-14(13)19-10-18(9-15(19)20)11-4-2-1-3-5-11/h6-8,11H,1-5,9-10H2,(H2,17,21,22). The molecule has 1 saturated heterocycles. The van der Waals surface area contributed by atoms with E-state index >= 15 is 0 Å². The molecule has 0 spiro atoms. The lowest BCUT2D eigenvalue weighted by molar-refractivity contribution is -0.116. The predicted molar refractivity (Wildman–Crippen MR) is 88.8 cm³/mol. The second kappa shape index (κ2) is 6.39. The van der Waals surface area contributed by atoms with Crippen molar-refractivity contribution < 1.29 is 13.2 Å². The van der Waals surface area contributed by atoms with Crippen LogP contribution in [0, 0.1) is 0 Å². The van der Waals surface area contributed by atoms with Gasteiger partial charge in [0.15, 0.2) is 0 Å². The molecule has 0 bridgehead atoms. The van der Waals surface area contributed by atoms with Crippen LogP contribution in [0.1, 0.15) is 32.1 Å². The van der Waals surface area contributed by atoms with Gasteiger partial charge in [-0.1, -0.05) is 30.9 Å². The van der Waals surface area contributed by atoms with E-state index in [1.54, 1.807) is 11.0 Å². The van der Waals surface area contributed by atoms with E-state index in [1.807, 2.05) is 0 Å². The molecule has 2 fully saturated rings. The van der Waals surface area contributed by atoms with E-state index in [1.165, 1.54) is 31.4 Å². The normalized spacial score (nSPS) is 21.1. The quantitative estimate of drug-likeness (QED) is 0.895. The Kier molecular flexibility index (Phi) is 4.64. The Balaban J connectivity index is 1.80. The average molecular weight is 358 g/mol. The molecule has 2 aliphatic rings. The highest BCUT2D eigenvalue weighted by atomic mass is 35.5. The second-order valence-electron chi connectivity index (χ2n) is 6.16. The average Bonchev–Trinajstić information content (AvgIpc) is 2.89. The maximum absolute atomic E-state index is 12.3. The summed E-state index contributed by atoms with van der Waals surface area (Å²) in [6.45, 7) is 0.885. The van der Waals surface area contributed by atoms with Gasteiger partial charge in [0.25, 0.3) is 0 Å². The Hall–Kier alpha value is -1.15. The summed E-state index contributed by atoms with van der Waals surface area (Å²) in [7, 11) is -3.81. The molecule has 1 saturated carbocycles. The van der Waals surface area contributed by atoms with E-state index in [4.69, 9.17) is 16.7 Å². The number of amides is 1. The molecule has 1 aliphatic heterocycles. The van der Waals surface area contributed by atoms with E-state index in [9.17, 15) is 13.2 Å². The molecule has 0 atom stereocenters. The molecule has 2 N–H and O–H groups in total. The lowest BCUT2D eigenvalue weighted by atomic mass is 9.94.